The molecule has 0 radical (unpaired) electrons. The molecule has 0 amide bonds. The van der Waals surface area contributed by atoms with Gasteiger partial charge in [0.05, 0.1) is 6.10 Å². The molecule has 19 heavy (non-hydrogen) atoms. The number of nitriles is 1. The van der Waals surface area contributed by atoms with Gasteiger partial charge in [-0.25, -0.2) is 4.98 Å². The van der Waals surface area contributed by atoms with Crippen LogP contribution in [0.4, 0.5) is 0 Å². The maximum absolute atomic E-state index is 9.41. The van der Waals surface area contributed by atoms with E-state index in [1.54, 1.807) is 31.3 Å². The van der Waals surface area contributed by atoms with Crippen LogP contribution in [0.1, 0.15) is 29.8 Å². The van der Waals surface area contributed by atoms with Gasteiger partial charge < -0.3 is 9.84 Å². The van der Waals surface area contributed by atoms with Crippen LogP contribution in [0.5, 0.6) is 5.75 Å². The summed E-state index contributed by atoms with van der Waals surface area (Å²) in [5, 5.41) is 18.3. The van der Waals surface area contributed by atoms with Gasteiger partial charge in [-0.1, -0.05) is 18.2 Å². The van der Waals surface area contributed by atoms with Gasteiger partial charge in [0.2, 0.25) is 0 Å². The molecule has 0 bridgehead atoms. The van der Waals surface area contributed by atoms with E-state index in [-0.39, 0.29) is 0 Å². The van der Waals surface area contributed by atoms with Crippen molar-refractivity contribution in [2.24, 2.45) is 0 Å². The zero-order chi connectivity index (χ0) is 13.7. The van der Waals surface area contributed by atoms with Gasteiger partial charge in [0.25, 0.3) is 0 Å². The highest BCUT2D eigenvalue weighted by molar-refractivity contribution is 5.32. The first-order valence-electron chi connectivity index (χ1n) is 5.95. The number of aliphatic hydroxyl groups is 1. The lowest BCUT2D eigenvalue weighted by atomic mass is 10.1. The average molecular weight is 254 g/mol. The molecule has 1 aromatic heterocycles. The molecule has 0 saturated carbocycles. The smallest absolute Gasteiger partial charge is 0.147 e. The Kier molecular flexibility index (Phi) is 4.11. The summed E-state index contributed by atoms with van der Waals surface area (Å²) in [6.07, 6.45) is 1.09. The number of rotatable bonds is 4. The molecule has 0 aliphatic carbocycles. The van der Waals surface area contributed by atoms with Gasteiger partial charge >= 0.3 is 0 Å². The van der Waals surface area contributed by atoms with Crippen molar-refractivity contribution in [2.75, 3.05) is 0 Å². The van der Waals surface area contributed by atoms with Crippen LogP contribution < -0.4 is 4.74 Å². The molecule has 0 aliphatic rings. The van der Waals surface area contributed by atoms with Crippen molar-refractivity contribution in [3.63, 3.8) is 0 Å². The van der Waals surface area contributed by atoms with E-state index in [1.807, 2.05) is 24.3 Å². The van der Waals surface area contributed by atoms with Gasteiger partial charge in [-0.3, -0.25) is 0 Å². The molecule has 1 unspecified atom stereocenters. The lowest BCUT2D eigenvalue weighted by Crippen LogP contribution is -2.00. The second-order valence-electron chi connectivity index (χ2n) is 4.16. The number of ether oxygens (including phenoxy) is 1. The molecule has 0 spiro atoms. The predicted molar refractivity (Wildman–Crippen MR) is 70.4 cm³/mol. The molecule has 0 aliphatic heterocycles. The number of aliphatic hydroxyl groups excluding tert-OH is 1. The van der Waals surface area contributed by atoms with E-state index >= 15 is 0 Å². The first kappa shape index (κ1) is 13.1. The van der Waals surface area contributed by atoms with E-state index < -0.39 is 6.10 Å². The second-order valence-corrected chi connectivity index (χ2v) is 4.16. The standard InChI is InChI=1S/C15H14N2O2/c1-11(18)12-4-6-14(7-5-12)19-10-13-3-2-8-17-15(13)9-16/h2-8,11,18H,10H2,1H3. The van der Waals surface area contributed by atoms with Crippen molar-refractivity contribution < 1.29 is 9.84 Å². The summed E-state index contributed by atoms with van der Waals surface area (Å²) in [6, 6.07) is 12.8. The molecule has 96 valence electrons. The first-order valence-corrected chi connectivity index (χ1v) is 5.95. The van der Waals surface area contributed by atoms with Crippen LogP contribution in [-0.2, 0) is 6.61 Å². The van der Waals surface area contributed by atoms with Gasteiger partial charge in [0.15, 0.2) is 0 Å². The summed E-state index contributed by atoms with van der Waals surface area (Å²) in [6.45, 7) is 2.01. The third-order valence-electron chi connectivity index (χ3n) is 2.75. The minimum atomic E-state index is -0.488. The Balaban J connectivity index is 2.04. The molecular formula is C15H14N2O2. The van der Waals surface area contributed by atoms with E-state index in [0.29, 0.717) is 18.1 Å². The van der Waals surface area contributed by atoms with E-state index in [9.17, 15) is 5.11 Å². The van der Waals surface area contributed by atoms with Crippen LogP contribution in [0.3, 0.4) is 0 Å². The molecular weight excluding hydrogens is 240 g/mol. The molecule has 0 fully saturated rings. The van der Waals surface area contributed by atoms with Crippen molar-refractivity contribution in [3.05, 3.63) is 59.4 Å². The van der Waals surface area contributed by atoms with Crippen LogP contribution in [0.15, 0.2) is 42.6 Å². The summed E-state index contributed by atoms with van der Waals surface area (Å²) in [7, 11) is 0. The SMILES string of the molecule is CC(O)c1ccc(OCc2cccnc2C#N)cc1. The Morgan fingerprint density at radius 2 is 2.05 bits per heavy atom. The monoisotopic (exact) mass is 254 g/mol. The van der Waals surface area contributed by atoms with Crippen molar-refractivity contribution >= 4 is 0 Å². The molecule has 1 N–H and O–H groups in total. The van der Waals surface area contributed by atoms with Crippen LogP contribution in [-0.4, -0.2) is 10.1 Å². The first-order chi connectivity index (χ1) is 9.20. The largest absolute Gasteiger partial charge is 0.489 e. The average Bonchev–Trinajstić information content (AvgIpc) is 2.45. The van der Waals surface area contributed by atoms with Gasteiger partial charge in [0.1, 0.15) is 24.1 Å². The van der Waals surface area contributed by atoms with Crippen molar-refractivity contribution in [2.45, 2.75) is 19.6 Å². The highest BCUT2D eigenvalue weighted by atomic mass is 16.5. The normalized spacial score (nSPS) is 11.6. The number of pyridine rings is 1. The van der Waals surface area contributed by atoms with E-state index in [0.717, 1.165) is 11.1 Å². The van der Waals surface area contributed by atoms with Gasteiger partial charge in [-0.2, -0.15) is 5.26 Å². The maximum Gasteiger partial charge on any atom is 0.147 e. The van der Waals surface area contributed by atoms with Gasteiger partial charge in [0, 0.05) is 11.8 Å². The molecule has 4 heteroatoms. The van der Waals surface area contributed by atoms with Crippen molar-refractivity contribution in [1.29, 1.82) is 5.26 Å². The minimum Gasteiger partial charge on any atom is -0.489 e. The Hall–Kier alpha value is -2.38. The van der Waals surface area contributed by atoms with E-state index in [4.69, 9.17) is 10.00 Å². The summed E-state index contributed by atoms with van der Waals surface area (Å²) in [4.78, 5) is 3.97. The maximum atomic E-state index is 9.41. The summed E-state index contributed by atoms with van der Waals surface area (Å²) < 4.78 is 5.60. The Labute approximate surface area is 111 Å². The summed E-state index contributed by atoms with van der Waals surface area (Å²) in [5.74, 6) is 0.692. The Bertz CT molecular complexity index is 586. The van der Waals surface area contributed by atoms with Gasteiger partial charge in [-0.05, 0) is 30.7 Å². The fourth-order valence-electron chi connectivity index (χ4n) is 1.66. The van der Waals surface area contributed by atoms with E-state index in [1.165, 1.54) is 0 Å². The van der Waals surface area contributed by atoms with Crippen LogP contribution in [0.2, 0.25) is 0 Å². The lowest BCUT2D eigenvalue weighted by molar-refractivity contribution is 0.199. The molecule has 1 aromatic carbocycles. The third-order valence-corrected chi connectivity index (χ3v) is 2.75. The molecule has 4 nitrogen and oxygen atoms in total. The Morgan fingerprint density at radius 1 is 1.32 bits per heavy atom. The third kappa shape index (κ3) is 3.30. The zero-order valence-electron chi connectivity index (χ0n) is 10.6. The minimum absolute atomic E-state index is 0.296. The number of hydrogen-bond acceptors (Lipinski definition) is 4. The molecule has 0 saturated heterocycles. The second kappa shape index (κ2) is 5.98. The molecule has 1 atom stereocenters. The fourth-order valence-corrected chi connectivity index (χ4v) is 1.66. The number of benzene rings is 1. The van der Waals surface area contributed by atoms with Crippen molar-refractivity contribution in [1.82, 2.24) is 4.98 Å². The molecule has 1 heterocycles. The summed E-state index contributed by atoms with van der Waals surface area (Å²) >= 11 is 0. The highest BCUT2D eigenvalue weighted by Crippen LogP contribution is 2.18. The molecule has 2 rings (SSSR count). The quantitative estimate of drug-likeness (QED) is 0.910. The van der Waals surface area contributed by atoms with Crippen LogP contribution >= 0.6 is 0 Å². The number of hydrogen-bond donors (Lipinski definition) is 1. The number of nitrogens with zero attached hydrogens (tertiary/aromatic N) is 2. The lowest BCUT2D eigenvalue weighted by Gasteiger charge is -2.09. The van der Waals surface area contributed by atoms with Crippen LogP contribution in [0.25, 0.3) is 0 Å². The Morgan fingerprint density at radius 3 is 2.68 bits per heavy atom. The van der Waals surface area contributed by atoms with Crippen LogP contribution in [0, 0.1) is 11.3 Å². The topological polar surface area (TPSA) is 66.1 Å². The predicted octanol–water partition coefficient (Wildman–Crippen LogP) is 2.59. The zero-order valence-corrected chi connectivity index (χ0v) is 10.6. The van der Waals surface area contributed by atoms with Crippen molar-refractivity contribution in [3.8, 4) is 11.8 Å². The van der Waals surface area contributed by atoms with E-state index in [2.05, 4.69) is 4.98 Å². The van der Waals surface area contributed by atoms with Gasteiger partial charge in [-0.15, -0.1) is 0 Å². The number of aromatic nitrogens is 1. The highest BCUT2D eigenvalue weighted by Gasteiger charge is 2.04. The molecule has 2 aromatic rings. The summed E-state index contributed by atoms with van der Waals surface area (Å²) in [5.41, 5.74) is 1.97. The fraction of sp³-hybridized carbons (Fsp3) is 0.200.